The minimum absolute atomic E-state index is 0.171. The highest BCUT2D eigenvalue weighted by molar-refractivity contribution is 7.20. The number of nitrogens with zero attached hydrogens (tertiary/aromatic N) is 4. The molecule has 0 radical (unpaired) electrons. The van der Waals surface area contributed by atoms with Crippen LogP contribution in [0.5, 0.6) is 5.75 Å². The molecular weight excluding hydrogens is 438 g/mol. The van der Waals surface area contributed by atoms with Crippen LogP contribution in [0, 0.1) is 0 Å². The van der Waals surface area contributed by atoms with Gasteiger partial charge in [0.25, 0.3) is 5.56 Å². The molecule has 0 unspecified atom stereocenters. The fourth-order valence-electron chi connectivity index (χ4n) is 3.82. The quantitative estimate of drug-likeness (QED) is 0.426. The number of ether oxygens (including phenoxy) is 2. The van der Waals surface area contributed by atoms with Gasteiger partial charge in [-0.15, -0.1) is 0 Å². The fourth-order valence-corrected chi connectivity index (χ4v) is 4.74. The molecule has 8 nitrogen and oxygen atoms in total. The van der Waals surface area contributed by atoms with Crippen LogP contribution in [-0.2, 0) is 4.74 Å². The fraction of sp³-hybridized carbons (Fsp3) is 0.292. The standard InChI is InChI=1S/C24H25N5O3S/c1-31-18-8-6-17(7-9-18)22-19(16-25-10-11-28-12-14-32-15-13-28)23(30)29(27-22)24-26-20-4-2-3-5-21(20)33-24/h2-9,16,27H,10-15H2,1H3. The van der Waals surface area contributed by atoms with Gasteiger partial charge >= 0.3 is 0 Å². The molecule has 0 atom stereocenters. The number of hydrogen-bond donors (Lipinski definition) is 1. The van der Waals surface area contributed by atoms with E-state index in [0.29, 0.717) is 22.9 Å². The van der Waals surface area contributed by atoms with Gasteiger partial charge in [0.05, 0.1) is 48.3 Å². The Morgan fingerprint density at radius 3 is 2.73 bits per heavy atom. The lowest BCUT2D eigenvalue weighted by Gasteiger charge is -2.25. The third-order valence-corrected chi connectivity index (χ3v) is 6.67. The van der Waals surface area contributed by atoms with Crippen LogP contribution in [0.25, 0.3) is 26.6 Å². The number of fused-ring (bicyclic) bond motifs is 1. The van der Waals surface area contributed by atoms with Gasteiger partial charge in [0, 0.05) is 31.4 Å². The van der Waals surface area contributed by atoms with E-state index in [1.165, 1.54) is 16.0 Å². The molecule has 2 aromatic heterocycles. The van der Waals surface area contributed by atoms with Gasteiger partial charge in [-0.25, -0.2) is 4.98 Å². The van der Waals surface area contributed by atoms with Crippen LogP contribution in [0.3, 0.4) is 0 Å². The van der Waals surface area contributed by atoms with Crippen molar-refractivity contribution >= 4 is 27.8 Å². The van der Waals surface area contributed by atoms with Crippen molar-refractivity contribution in [2.24, 2.45) is 4.99 Å². The molecule has 1 aliphatic rings. The predicted molar refractivity (Wildman–Crippen MR) is 131 cm³/mol. The van der Waals surface area contributed by atoms with Gasteiger partial charge in [-0.3, -0.25) is 19.8 Å². The molecule has 5 rings (SSSR count). The number of hydrogen-bond acceptors (Lipinski definition) is 7. The van der Waals surface area contributed by atoms with Crippen LogP contribution in [0.2, 0.25) is 0 Å². The van der Waals surface area contributed by atoms with Crippen molar-refractivity contribution in [2.45, 2.75) is 0 Å². The first kappa shape index (κ1) is 21.6. The van der Waals surface area contributed by atoms with Crippen molar-refractivity contribution in [1.82, 2.24) is 19.7 Å². The largest absolute Gasteiger partial charge is 0.497 e. The monoisotopic (exact) mass is 463 g/mol. The molecule has 0 aliphatic carbocycles. The molecule has 0 spiro atoms. The number of rotatable bonds is 7. The molecule has 0 saturated carbocycles. The first-order valence-electron chi connectivity index (χ1n) is 10.9. The van der Waals surface area contributed by atoms with E-state index in [4.69, 9.17) is 9.47 Å². The summed E-state index contributed by atoms with van der Waals surface area (Å²) < 4.78 is 13.2. The maximum Gasteiger partial charge on any atom is 0.282 e. The molecule has 2 aromatic carbocycles. The molecule has 33 heavy (non-hydrogen) atoms. The molecular formula is C24H25N5O3S. The molecule has 1 N–H and O–H groups in total. The van der Waals surface area contributed by atoms with E-state index >= 15 is 0 Å². The van der Waals surface area contributed by atoms with Gasteiger partial charge in [0.1, 0.15) is 5.75 Å². The van der Waals surface area contributed by atoms with Crippen molar-refractivity contribution in [3.8, 4) is 22.1 Å². The summed E-state index contributed by atoms with van der Waals surface area (Å²) in [6.07, 6.45) is 1.68. The number of morpholine rings is 1. The zero-order valence-corrected chi connectivity index (χ0v) is 19.2. The number of aliphatic imine (C=N–C) groups is 1. The second-order valence-corrected chi connectivity index (χ2v) is 8.73. The van der Waals surface area contributed by atoms with Crippen LogP contribution in [0.4, 0.5) is 0 Å². The van der Waals surface area contributed by atoms with Gasteiger partial charge in [0.15, 0.2) is 0 Å². The molecule has 9 heteroatoms. The van der Waals surface area contributed by atoms with Gasteiger partial charge in [-0.05, 0) is 36.4 Å². The predicted octanol–water partition coefficient (Wildman–Crippen LogP) is 3.20. The Kier molecular flexibility index (Phi) is 6.34. The Labute approximate surface area is 195 Å². The number of aromatic amines is 1. The van der Waals surface area contributed by atoms with Crippen molar-refractivity contribution in [3.63, 3.8) is 0 Å². The van der Waals surface area contributed by atoms with E-state index in [-0.39, 0.29) is 5.56 Å². The summed E-state index contributed by atoms with van der Waals surface area (Å²) in [4.78, 5) is 25.0. The van der Waals surface area contributed by atoms with Crippen LogP contribution < -0.4 is 10.3 Å². The minimum Gasteiger partial charge on any atom is -0.497 e. The second-order valence-electron chi connectivity index (χ2n) is 7.72. The summed E-state index contributed by atoms with van der Waals surface area (Å²) >= 11 is 1.47. The van der Waals surface area contributed by atoms with Gasteiger partial charge in [0.2, 0.25) is 5.13 Å². The van der Waals surface area contributed by atoms with Crippen LogP contribution in [0.15, 0.2) is 58.3 Å². The average molecular weight is 464 g/mol. The lowest BCUT2D eigenvalue weighted by atomic mass is 10.1. The topological polar surface area (TPSA) is 84.7 Å². The highest BCUT2D eigenvalue weighted by Crippen LogP contribution is 2.26. The van der Waals surface area contributed by atoms with E-state index in [0.717, 1.165) is 54.4 Å². The number of H-pyrrole nitrogens is 1. The SMILES string of the molecule is COc1ccc(-c2[nH]n(-c3nc4ccccc4s3)c(=O)c2C=NCCN2CCOCC2)cc1. The third kappa shape index (κ3) is 4.61. The summed E-state index contributed by atoms with van der Waals surface area (Å²) in [6, 6.07) is 15.5. The average Bonchev–Trinajstić information content (AvgIpc) is 3.43. The van der Waals surface area contributed by atoms with Crippen molar-refractivity contribution in [3.05, 3.63) is 64.4 Å². The summed E-state index contributed by atoms with van der Waals surface area (Å²) in [6.45, 7) is 4.82. The summed E-state index contributed by atoms with van der Waals surface area (Å²) in [7, 11) is 1.63. The molecule has 0 amide bonds. The minimum atomic E-state index is -0.171. The Hall–Kier alpha value is -3.27. The first-order chi connectivity index (χ1) is 16.2. The van der Waals surface area contributed by atoms with Crippen molar-refractivity contribution in [1.29, 1.82) is 0 Å². The molecule has 1 saturated heterocycles. The Morgan fingerprint density at radius 1 is 1.18 bits per heavy atom. The smallest absolute Gasteiger partial charge is 0.282 e. The van der Waals surface area contributed by atoms with Crippen LogP contribution in [-0.4, -0.2) is 72.4 Å². The van der Waals surface area contributed by atoms with Crippen molar-refractivity contribution < 1.29 is 9.47 Å². The van der Waals surface area contributed by atoms with Gasteiger partial charge < -0.3 is 9.47 Å². The highest BCUT2D eigenvalue weighted by atomic mass is 32.1. The van der Waals surface area contributed by atoms with E-state index < -0.39 is 0 Å². The van der Waals surface area contributed by atoms with Gasteiger partial charge in [-0.2, -0.15) is 4.68 Å². The van der Waals surface area contributed by atoms with Crippen LogP contribution in [0.1, 0.15) is 5.56 Å². The normalized spacial score (nSPS) is 14.9. The molecule has 1 aliphatic heterocycles. The Balaban J connectivity index is 1.49. The summed E-state index contributed by atoms with van der Waals surface area (Å²) in [5.41, 5.74) is 2.79. The Bertz CT molecular complexity index is 1280. The highest BCUT2D eigenvalue weighted by Gasteiger charge is 2.18. The van der Waals surface area contributed by atoms with Gasteiger partial charge in [-0.1, -0.05) is 23.5 Å². The number of methoxy groups -OCH3 is 1. The number of para-hydroxylation sites is 1. The third-order valence-electron chi connectivity index (χ3n) is 5.65. The maximum absolute atomic E-state index is 13.4. The molecule has 0 bridgehead atoms. The van der Waals surface area contributed by atoms with E-state index in [2.05, 4.69) is 20.0 Å². The second kappa shape index (κ2) is 9.70. The number of nitrogens with one attached hydrogen (secondary N) is 1. The lowest BCUT2D eigenvalue weighted by molar-refractivity contribution is 0.0395. The first-order valence-corrected chi connectivity index (χ1v) is 11.7. The lowest BCUT2D eigenvalue weighted by Crippen LogP contribution is -2.37. The summed E-state index contributed by atoms with van der Waals surface area (Å²) in [5.74, 6) is 0.757. The summed E-state index contributed by atoms with van der Waals surface area (Å²) in [5, 5.41) is 3.87. The zero-order valence-electron chi connectivity index (χ0n) is 18.4. The Morgan fingerprint density at radius 2 is 1.97 bits per heavy atom. The van der Waals surface area contributed by atoms with Crippen LogP contribution >= 0.6 is 11.3 Å². The number of benzene rings is 2. The van der Waals surface area contributed by atoms with E-state index in [9.17, 15) is 4.79 Å². The van der Waals surface area contributed by atoms with Crippen molar-refractivity contribution in [2.75, 3.05) is 46.5 Å². The molecule has 4 aromatic rings. The maximum atomic E-state index is 13.4. The molecule has 170 valence electrons. The molecule has 1 fully saturated rings. The van der Waals surface area contributed by atoms with E-state index in [1.54, 1.807) is 13.3 Å². The molecule has 3 heterocycles. The zero-order chi connectivity index (χ0) is 22.6. The number of aromatic nitrogens is 3. The van der Waals surface area contributed by atoms with E-state index in [1.807, 2.05) is 48.5 Å². The number of thiazole rings is 1.